The molecule has 0 N–H and O–H groups in total. The third-order valence-corrected chi connectivity index (χ3v) is 6.42. The summed E-state index contributed by atoms with van der Waals surface area (Å²) in [4.78, 5) is 5.73. The van der Waals surface area contributed by atoms with E-state index in [2.05, 4.69) is 17.0 Å². The van der Waals surface area contributed by atoms with E-state index in [9.17, 15) is 26.9 Å². The van der Waals surface area contributed by atoms with Crippen molar-refractivity contribution in [2.75, 3.05) is 24.2 Å². The van der Waals surface area contributed by atoms with Crippen molar-refractivity contribution in [2.24, 2.45) is 11.3 Å². The van der Waals surface area contributed by atoms with E-state index in [-0.39, 0.29) is 21.9 Å². The first-order valence-corrected chi connectivity index (χ1v) is 11.6. The van der Waals surface area contributed by atoms with Crippen LogP contribution < -0.4 is 4.90 Å². The average molecular weight is 456 g/mol. The van der Waals surface area contributed by atoms with Crippen molar-refractivity contribution in [3.8, 4) is 11.9 Å². The van der Waals surface area contributed by atoms with E-state index in [0.717, 1.165) is 30.0 Å². The second kappa shape index (κ2) is 7.82. The van der Waals surface area contributed by atoms with Gasteiger partial charge in [-0.1, -0.05) is 20.8 Å². The molecular weight excluding hydrogens is 431 g/mol. The summed E-state index contributed by atoms with van der Waals surface area (Å²) in [5.74, 6) is 0.400. The molecule has 7 nitrogen and oxygen atoms in total. The zero-order chi connectivity index (χ0) is 23.2. The van der Waals surface area contributed by atoms with Gasteiger partial charge in [0.1, 0.15) is 11.6 Å². The lowest BCUT2D eigenvalue weighted by molar-refractivity contribution is -0.141. The van der Waals surface area contributed by atoms with Crippen LogP contribution in [0.1, 0.15) is 44.9 Å². The normalized spacial score (nSPS) is 19.7. The van der Waals surface area contributed by atoms with E-state index in [0.29, 0.717) is 19.0 Å². The van der Waals surface area contributed by atoms with Crippen LogP contribution in [0.2, 0.25) is 0 Å². The Morgan fingerprint density at radius 3 is 2.48 bits per heavy atom. The van der Waals surface area contributed by atoms with Crippen molar-refractivity contribution >= 4 is 15.7 Å². The van der Waals surface area contributed by atoms with Gasteiger partial charge in [0.2, 0.25) is 0 Å². The largest absolute Gasteiger partial charge is 0.436 e. The van der Waals surface area contributed by atoms with E-state index in [1.54, 1.807) is 11.0 Å². The Bertz CT molecular complexity index is 1120. The molecule has 0 bridgehead atoms. The molecule has 1 fully saturated rings. The average Bonchev–Trinajstić information content (AvgIpc) is 2.97. The molecule has 168 valence electrons. The quantitative estimate of drug-likeness (QED) is 0.699. The zero-order valence-corrected chi connectivity index (χ0v) is 18.5. The summed E-state index contributed by atoms with van der Waals surface area (Å²) in [6, 6.07) is 4.24. The molecule has 0 aliphatic carbocycles. The third-order valence-electron chi connectivity index (χ3n) is 5.32. The van der Waals surface area contributed by atoms with Gasteiger partial charge in [0, 0.05) is 25.5 Å². The summed E-state index contributed by atoms with van der Waals surface area (Å²) in [6.07, 6.45) is -1.09. The van der Waals surface area contributed by atoms with Gasteiger partial charge in [0.15, 0.2) is 27.2 Å². The fourth-order valence-electron chi connectivity index (χ4n) is 4.14. The fourth-order valence-corrected chi connectivity index (χ4v) is 4.70. The Morgan fingerprint density at radius 1 is 1.29 bits per heavy atom. The number of sulfone groups is 1. The Morgan fingerprint density at radius 2 is 1.97 bits per heavy atom. The number of pyridine rings is 1. The van der Waals surface area contributed by atoms with Crippen LogP contribution in [0.25, 0.3) is 5.82 Å². The number of rotatable bonds is 3. The van der Waals surface area contributed by atoms with Gasteiger partial charge in [-0.25, -0.2) is 13.4 Å². The van der Waals surface area contributed by atoms with Gasteiger partial charge in [0.05, 0.1) is 4.90 Å². The highest BCUT2D eigenvalue weighted by Gasteiger charge is 2.42. The van der Waals surface area contributed by atoms with Gasteiger partial charge < -0.3 is 4.90 Å². The summed E-state index contributed by atoms with van der Waals surface area (Å²) in [7, 11) is -3.52. The van der Waals surface area contributed by atoms with Crippen LogP contribution in [0.5, 0.6) is 0 Å². The van der Waals surface area contributed by atoms with Gasteiger partial charge in [-0.05, 0) is 36.3 Å². The molecule has 11 heteroatoms. The SMILES string of the molecule is CC1CCN(c2c(C#N)c(C(F)(F)F)nn2-c2ccc(S(C)(=O)=O)cn2)CC(C)(C)C1. The Balaban J connectivity index is 2.22. The van der Waals surface area contributed by atoms with Crippen LogP contribution in [-0.4, -0.2) is 42.5 Å². The second-order valence-corrected chi connectivity index (χ2v) is 10.9. The lowest BCUT2D eigenvalue weighted by Gasteiger charge is -2.31. The lowest BCUT2D eigenvalue weighted by Crippen LogP contribution is -2.34. The highest BCUT2D eigenvalue weighted by Crippen LogP contribution is 2.40. The third kappa shape index (κ3) is 4.84. The van der Waals surface area contributed by atoms with E-state index in [1.807, 2.05) is 13.8 Å². The summed E-state index contributed by atoms with van der Waals surface area (Å²) >= 11 is 0. The molecule has 2 aromatic rings. The van der Waals surface area contributed by atoms with Gasteiger partial charge in [-0.3, -0.25) is 0 Å². The van der Waals surface area contributed by atoms with Gasteiger partial charge in [-0.2, -0.15) is 28.2 Å². The van der Waals surface area contributed by atoms with Gasteiger partial charge >= 0.3 is 6.18 Å². The number of nitriles is 1. The molecule has 1 saturated heterocycles. The Kier molecular flexibility index (Phi) is 5.82. The van der Waals surface area contributed by atoms with Crippen LogP contribution in [0.4, 0.5) is 19.0 Å². The van der Waals surface area contributed by atoms with Crippen molar-refractivity contribution in [1.29, 1.82) is 5.26 Å². The first-order chi connectivity index (χ1) is 14.2. The molecule has 0 amide bonds. The number of hydrogen-bond donors (Lipinski definition) is 0. The fraction of sp³-hybridized carbons (Fsp3) is 0.550. The lowest BCUT2D eigenvalue weighted by atomic mass is 9.83. The maximum Gasteiger partial charge on any atom is 0.436 e. The molecule has 0 radical (unpaired) electrons. The number of hydrogen-bond acceptors (Lipinski definition) is 6. The van der Waals surface area contributed by atoms with Crippen LogP contribution >= 0.6 is 0 Å². The maximum atomic E-state index is 13.7. The molecule has 31 heavy (non-hydrogen) atoms. The standard InChI is InChI=1S/C20H24F3N5O2S/c1-13-7-8-27(12-19(2,3)9-13)18-15(10-24)17(20(21,22)23)26-28(18)16-6-5-14(11-25-16)31(4,29)30/h5-6,11,13H,7-9,12H2,1-4H3. The zero-order valence-electron chi connectivity index (χ0n) is 17.7. The molecule has 1 aliphatic rings. The molecule has 1 aliphatic heterocycles. The predicted molar refractivity (Wildman–Crippen MR) is 109 cm³/mol. The van der Waals surface area contributed by atoms with Crippen molar-refractivity contribution in [3.05, 3.63) is 29.6 Å². The van der Waals surface area contributed by atoms with Crippen LogP contribution in [0.3, 0.4) is 0 Å². The monoisotopic (exact) mass is 455 g/mol. The van der Waals surface area contributed by atoms with E-state index in [1.165, 1.54) is 12.1 Å². The highest BCUT2D eigenvalue weighted by molar-refractivity contribution is 7.90. The number of alkyl halides is 3. The second-order valence-electron chi connectivity index (χ2n) is 8.88. The summed E-state index contributed by atoms with van der Waals surface area (Å²) in [5.41, 5.74) is -2.04. The summed E-state index contributed by atoms with van der Waals surface area (Å²) < 4.78 is 65.5. The molecule has 0 spiro atoms. The van der Waals surface area contributed by atoms with Crippen molar-refractivity contribution in [2.45, 2.75) is 44.7 Å². The topological polar surface area (TPSA) is 91.9 Å². The minimum Gasteiger partial charge on any atom is -0.355 e. The van der Waals surface area contributed by atoms with Crippen molar-refractivity contribution in [1.82, 2.24) is 14.8 Å². The highest BCUT2D eigenvalue weighted by atomic mass is 32.2. The summed E-state index contributed by atoms with van der Waals surface area (Å²) in [6.45, 7) is 7.08. The molecule has 2 aromatic heterocycles. The van der Waals surface area contributed by atoms with Crippen LogP contribution in [0, 0.1) is 22.7 Å². The predicted octanol–water partition coefficient (Wildman–Crippen LogP) is 3.82. The first-order valence-electron chi connectivity index (χ1n) is 9.75. The molecule has 3 rings (SSSR count). The Labute approximate surface area is 179 Å². The van der Waals surface area contributed by atoms with Crippen molar-refractivity contribution in [3.63, 3.8) is 0 Å². The minimum atomic E-state index is -4.83. The molecular formula is C20H24F3N5O2S. The molecule has 1 atom stereocenters. The molecule has 3 heterocycles. The summed E-state index contributed by atoms with van der Waals surface area (Å²) in [5, 5.41) is 13.3. The maximum absolute atomic E-state index is 13.7. The van der Waals surface area contributed by atoms with E-state index >= 15 is 0 Å². The number of halogens is 3. The molecule has 0 saturated carbocycles. The van der Waals surface area contributed by atoms with Crippen LogP contribution in [0.15, 0.2) is 23.2 Å². The number of nitrogens with zero attached hydrogens (tertiary/aromatic N) is 5. The molecule has 1 unspecified atom stereocenters. The Hall–Kier alpha value is -2.61. The van der Waals surface area contributed by atoms with Gasteiger partial charge in [0.25, 0.3) is 0 Å². The minimum absolute atomic E-state index is 0.00417. The molecule has 0 aromatic carbocycles. The van der Waals surface area contributed by atoms with E-state index < -0.39 is 27.3 Å². The van der Waals surface area contributed by atoms with Gasteiger partial charge in [-0.15, -0.1) is 0 Å². The smallest absolute Gasteiger partial charge is 0.355 e. The number of anilines is 1. The first kappa shape index (κ1) is 23.1. The van der Waals surface area contributed by atoms with Crippen molar-refractivity contribution < 1.29 is 21.6 Å². The van der Waals surface area contributed by atoms with Crippen LogP contribution in [-0.2, 0) is 16.0 Å². The number of aromatic nitrogens is 3. The van der Waals surface area contributed by atoms with E-state index in [4.69, 9.17) is 0 Å².